The van der Waals surface area contributed by atoms with Crippen molar-refractivity contribution in [1.29, 1.82) is 0 Å². The maximum atomic E-state index is 6.08. The van der Waals surface area contributed by atoms with Crippen LogP contribution in [0.25, 0.3) is 0 Å². The number of rotatable bonds is 6. The number of benzene rings is 1. The number of hydrogen-bond acceptors (Lipinski definition) is 2. The van der Waals surface area contributed by atoms with Gasteiger partial charge in [-0.05, 0) is 12.5 Å². The molecule has 18 heavy (non-hydrogen) atoms. The fraction of sp³-hybridized carbons (Fsp3) is 0.538. The molecule has 0 N–H and O–H groups in total. The summed E-state index contributed by atoms with van der Waals surface area (Å²) >= 11 is 10.4. The van der Waals surface area contributed by atoms with Crippen LogP contribution in [0.2, 0.25) is 0 Å². The molecular formula is C13H15Br3O2. The summed E-state index contributed by atoms with van der Waals surface area (Å²) in [5.74, 6) is 0.967. The third-order valence-corrected chi connectivity index (χ3v) is 4.99. The molecule has 1 aliphatic heterocycles. The van der Waals surface area contributed by atoms with E-state index >= 15 is 0 Å². The van der Waals surface area contributed by atoms with Gasteiger partial charge in [0.25, 0.3) is 0 Å². The summed E-state index contributed by atoms with van der Waals surface area (Å²) in [6.45, 7) is 2.07. The molecule has 0 amide bonds. The quantitative estimate of drug-likeness (QED) is 0.482. The van der Waals surface area contributed by atoms with Crippen LogP contribution in [0.4, 0.5) is 0 Å². The first-order valence-corrected chi connectivity index (χ1v) is 9.17. The van der Waals surface area contributed by atoms with E-state index in [0.29, 0.717) is 0 Å². The molecule has 2 atom stereocenters. The molecular weight excluding hydrogens is 428 g/mol. The van der Waals surface area contributed by atoms with E-state index in [-0.39, 0.29) is 18.3 Å². The first-order chi connectivity index (χ1) is 8.71. The van der Waals surface area contributed by atoms with Gasteiger partial charge in [-0.2, -0.15) is 0 Å². The minimum absolute atomic E-state index is 0.131. The Hall–Kier alpha value is 0.420. The molecule has 1 fully saturated rings. The van der Waals surface area contributed by atoms with Gasteiger partial charge in [-0.1, -0.05) is 66.0 Å². The number of para-hydroxylation sites is 1. The lowest BCUT2D eigenvalue weighted by Gasteiger charge is -2.18. The zero-order chi connectivity index (χ0) is 13.1. The van der Waals surface area contributed by atoms with Crippen molar-refractivity contribution in [3.63, 3.8) is 0 Å². The third-order valence-electron chi connectivity index (χ3n) is 2.91. The lowest BCUT2D eigenvalue weighted by atomic mass is 10.1. The summed E-state index contributed by atoms with van der Waals surface area (Å²) in [6.07, 6.45) is 0.581. The van der Waals surface area contributed by atoms with Crippen LogP contribution in [0.3, 0.4) is 0 Å². The number of halogens is 3. The molecule has 1 saturated heterocycles. The van der Waals surface area contributed by atoms with Crippen LogP contribution < -0.4 is 4.74 Å². The molecule has 2 unspecified atom stereocenters. The Balaban J connectivity index is 2.22. The highest BCUT2D eigenvalue weighted by Crippen LogP contribution is 2.44. The summed E-state index contributed by atoms with van der Waals surface area (Å²) in [5, 5.41) is 2.48. The summed E-state index contributed by atoms with van der Waals surface area (Å²) in [6, 6.07) is 6.22. The van der Waals surface area contributed by atoms with Gasteiger partial charge in [0.2, 0.25) is 0 Å². The normalized spacial score (nSPS) is 22.3. The molecule has 1 aromatic rings. The average molecular weight is 443 g/mol. The van der Waals surface area contributed by atoms with Crippen LogP contribution in [0.15, 0.2) is 18.2 Å². The molecule has 2 nitrogen and oxygen atoms in total. The van der Waals surface area contributed by atoms with Crippen molar-refractivity contribution >= 4 is 47.8 Å². The molecule has 0 aromatic heterocycles. The zero-order valence-electron chi connectivity index (χ0n) is 10.0. The number of aryl methyl sites for hydroxylation is 1. The van der Waals surface area contributed by atoms with Crippen LogP contribution >= 0.6 is 47.8 Å². The van der Waals surface area contributed by atoms with E-state index < -0.39 is 0 Å². The summed E-state index contributed by atoms with van der Waals surface area (Å²) in [7, 11) is 0. The Kier molecular flexibility index (Phi) is 5.54. The van der Waals surface area contributed by atoms with Crippen molar-refractivity contribution in [2.24, 2.45) is 0 Å². The second-order valence-electron chi connectivity index (χ2n) is 4.29. The van der Waals surface area contributed by atoms with Crippen molar-refractivity contribution < 1.29 is 9.47 Å². The van der Waals surface area contributed by atoms with E-state index in [2.05, 4.69) is 72.9 Å². The molecule has 1 heterocycles. The SMILES string of the molecule is Cc1cccc(C2OC2CBr)c1OC(CBr)CBr. The van der Waals surface area contributed by atoms with E-state index in [4.69, 9.17) is 9.47 Å². The number of ether oxygens (including phenoxy) is 2. The molecule has 1 aromatic carbocycles. The van der Waals surface area contributed by atoms with Crippen LogP contribution in [-0.2, 0) is 4.74 Å². The van der Waals surface area contributed by atoms with E-state index in [1.54, 1.807) is 0 Å². The van der Waals surface area contributed by atoms with Crippen molar-refractivity contribution in [2.45, 2.75) is 25.2 Å². The van der Waals surface area contributed by atoms with Gasteiger partial charge in [-0.3, -0.25) is 0 Å². The minimum Gasteiger partial charge on any atom is -0.488 e. The first-order valence-electron chi connectivity index (χ1n) is 5.80. The highest BCUT2D eigenvalue weighted by atomic mass is 79.9. The summed E-state index contributed by atoms with van der Waals surface area (Å²) in [4.78, 5) is 0. The van der Waals surface area contributed by atoms with Crippen molar-refractivity contribution in [3.05, 3.63) is 29.3 Å². The van der Waals surface area contributed by atoms with E-state index in [0.717, 1.165) is 32.9 Å². The van der Waals surface area contributed by atoms with E-state index in [1.807, 2.05) is 0 Å². The van der Waals surface area contributed by atoms with Gasteiger partial charge in [-0.25, -0.2) is 0 Å². The highest BCUT2D eigenvalue weighted by molar-refractivity contribution is 9.10. The second kappa shape index (κ2) is 6.73. The maximum Gasteiger partial charge on any atom is 0.128 e. The molecule has 0 radical (unpaired) electrons. The molecule has 0 saturated carbocycles. The van der Waals surface area contributed by atoms with Crippen molar-refractivity contribution in [3.8, 4) is 5.75 Å². The highest BCUT2D eigenvalue weighted by Gasteiger charge is 2.41. The van der Waals surface area contributed by atoms with Crippen LogP contribution in [-0.4, -0.2) is 28.2 Å². The average Bonchev–Trinajstić information content (AvgIpc) is 3.16. The van der Waals surface area contributed by atoms with Gasteiger partial charge < -0.3 is 9.47 Å². The Labute approximate surface area is 133 Å². The topological polar surface area (TPSA) is 21.8 Å². The number of epoxide rings is 1. The van der Waals surface area contributed by atoms with Gasteiger partial charge in [0.05, 0.1) is 6.10 Å². The fourth-order valence-electron chi connectivity index (χ4n) is 1.86. The zero-order valence-corrected chi connectivity index (χ0v) is 14.8. The van der Waals surface area contributed by atoms with Crippen LogP contribution in [0.1, 0.15) is 17.2 Å². The molecule has 0 aliphatic carbocycles. The molecule has 2 rings (SSSR count). The van der Waals surface area contributed by atoms with Crippen LogP contribution in [0.5, 0.6) is 5.75 Å². The van der Waals surface area contributed by atoms with Gasteiger partial charge in [-0.15, -0.1) is 0 Å². The van der Waals surface area contributed by atoms with E-state index in [9.17, 15) is 0 Å². The maximum absolute atomic E-state index is 6.08. The fourth-order valence-corrected chi connectivity index (χ4v) is 3.69. The summed E-state index contributed by atoms with van der Waals surface area (Å²) in [5.41, 5.74) is 2.31. The molecule has 5 heteroatoms. The lowest BCUT2D eigenvalue weighted by molar-refractivity contribution is 0.247. The Morgan fingerprint density at radius 2 is 2.00 bits per heavy atom. The van der Waals surface area contributed by atoms with Gasteiger partial charge in [0, 0.05) is 21.6 Å². The largest absolute Gasteiger partial charge is 0.488 e. The van der Waals surface area contributed by atoms with Crippen molar-refractivity contribution in [1.82, 2.24) is 0 Å². The summed E-state index contributed by atoms with van der Waals surface area (Å²) < 4.78 is 11.7. The second-order valence-corrected chi connectivity index (χ2v) is 6.23. The van der Waals surface area contributed by atoms with Gasteiger partial charge in [0.15, 0.2) is 0 Å². The third kappa shape index (κ3) is 3.30. The predicted molar refractivity (Wildman–Crippen MR) is 84.6 cm³/mol. The Morgan fingerprint density at radius 3 is 2.56 bits per heavy atom. The molecule has 0 bridgehead atoms. The molecule has 0 spiro atoms. The first kappa shape index (κ1) is 14.8. The van der Waals surface area contributed by atoms with Gasteiger partial charge >= 0.3 is 0 Å². The number of alkyl halides is 3. The van der Waals surface area contributed by atoms with Gasteiger partial charge in [0.1, 0.15) is 18.0 Å². The van der Waals surface area contributed by atoms with E-state index in [1.165, 1.54) is 0 Å². The molecule has 1 aliphatic rings. The predicted octanol–water partition coefficient (Wildman–Crippen LogP) is 4.37. The Morgan fingerprint density at radius 1 is 1.28 bits per heavy atom. The lowest BCUT2D eigenvalue weighted by Crippen LogP contribution is -2.21. The standard InChI is InChI=1S/C13H15Br3O2/c1-8-3-2-4-10(13-11(7-16)18-13)12(8)17-9(5-14)6-15/h2-4,9,11,13H,5-7H2,1H3. The number of hydrogen-bond donors (Lipinski definition) is 0. The monoisotopic (exact) mass is 440 g/mol. The smallest absolute Gasteiger partial charge is 0.128 e. The Bertz CT molecular complexity index is 407. The minimum atomic E-state index is 0.131. The van der Waals surface area contributed by atoms with Crippen molar-refractivity contribution in [2.75, 3.05) is 16.0 Å². The molecule has 100 valence electrons. The van der Waals surface area contributed by atoms with Crippen LogP contribution in [0, 0.1) is 6.92 Å².